The van der Waals surface area contributed by atoms with Crippen LogP contribution in [0.2, 0.25) is 0 Å². The van der Waals surface area contributed by atoms with Gasteiger partial charge in [-0.15, -0.1) is 0 Å². The Morgan fingerprint density at radius 1 is 0.632 bits per heavy atom. The summed E-state index contributed by atoms with van der Waals surface area (Å²) in [6.07, 6.45) is 17.4. The van der Waals surface area contributed by atoms with Crippen molar-refractivity contribution in [1.82, 2.24) is 20.0 Å². The summed E-state index contributed by atoms with van der Waals surface area (Å²) in [6.45, 7) is 28.8. The van der Waals surface area contributed by atoms with Gasteiger partial charge in [0.05, 0.1) is 63.1 Å². The molecule has 1 heterocycles. The molecule has 5 aliphatic rings. The highest BCUT2D eigenvalue weighted by Gasteiger charge is 2.43. The third-order valence-corrected chi connectivity index (χ3v) is 18.3. The number of alkyl carbamates (subject to hydrolysis) is 1. The Morgan fingerprint density at radius 3 is 1.50 bits per heavy atom. The average molecular weight is 967 g/mol. The van der Waals surface area contributed by atoms with Gasteiger partial charge in [0, 0.05) is 64.5 Å². The summed E-state index contributed by atoms with van der Waals surface area (Å²) < 4.78 is 30.9. The van der Waals surface area contributed by atoms with Crippen LogP contribution in [0.3, 0.4) is 0 Å². The molecule has 4 saturated carbocycles. The Labute approximate surface area is 413 Å². The zero-order chi connectivity index (χ0) is 49.3. The number of hydrogen-bond acceptors (Lipinski definition) is 13. The molecule has 0 bridgehead atoms. The lowest BCUT2D eigenvalue weighted by Crippen LogP contribution is -2.60. The molecule has 5 rings (SSSR count). The van der Waals surface area contributed by atoms with E-state index in [0.29, 0.717) is 69.4 Å². The van der Waals surface area contributed by atoms with Gasteiger partial charge in [-0.05, 0) is 171 Å². The first-order chi connectivity index (χ1) is 32.5. The number of β-amino-alcohol motifs (C(OH)–C–C–N with tert-alkyl or cyclic N) is 1. The molecule has 0 aromatic heterocycles. The minimum atomic E-state index is -0.586. The predicted molar refractivity (Wildman–Crippen MR) is 269 cm³/mol. The highest BCUT2D eigenvalue weighted by Crippen LogP contribution is 2.50. The van der Waals surface area contributed by atoms with E-state index < -0.39 is 29.9 Å². The highest BCUT2D eigenvalue weighted by atomic mass is 17.1. The molecule has 0 aromatic carbocycles. The van der Waals surface area contributed by atoms with Gasteiger partial charge in [-0.3, -0.25) is 20.0 Å². The fourth-order valence-electron chi connectivity index (χ4n) is 13.1. The van der Waals surface area contributed by atoms with E-state index in [-0.39, 0.29) is 30.3 Å². The standard InChI is InChI=1S/C54H102N4O10/c1-10-55-51(61)68-49(36-56(11-2)33-34-67-62)38-65-47-25-17-42(18-26-47)53(6,7)43-19-27-48(28-20-43)66-39-50(60)54(8,9)58-31-29-57(30-32-58)35-44(59)37-64-46-23-15-41(16-24-46)52(4,5)40-13-21-45(22-14-40)63-12-3/h40-50,59-60,62H,10-39H2,1-9H3,(H,55,61)/t40?,41?,42?,43?,44?,45?,46?,47?,48?,49?,50-/m0/s1. The smallest absolute Gasteiger partial charge is 0.407 e. The molecule has 0 spiro atoms. The van der Waals surface area contributed by atoms with Crippen molar-refractivity contribution >= 4 is 6.09 Å². The van der Waals surface area contributed by atoms with Crippen molar-refractivity contribution in [2.45, 2.75) is 213 Å². The Kier molecular flexibility index (Phi) is 24.0. The number of nitrogens with one attached hydrogen (secondary N) is 1. The Balaban J connectivity index is 0.937. The van der Waals surface area contributed by atoms with Gasteiger partial charge in [0.2, 0.25) is 0 Å². The summed E-state index contributed by atoms with van der Waals surface area (Å²) >= 11 is 0. The van der Waals surface area contributed by atoms with E-state index in [0.717, 1.165) is 115 Å². The maximum Gasteiger partial charge on any atom is 0.407 e. The molecule has 1 aliphatic heterocycles. The number of piperazine rings is 1. The zero-order valence-corrected chi connectivity index (χ0v) is 44.6. The van der Waals surface area contributed by atoms with E-state index in [9.17, 15) is 15.0 Å². The van der Waals surface area contributed by atoms with Crippen LogP contribution in [-0.2, 0) is 28.6 Å². The van der Waals surface area contributed by atoms with Crippen LogP contribution in [0.5, 0.6) is 0 Å². The molecule has 0 radical (unpaired) electrons. The quantitative estimate of drug-likeness (QED) is 0.0461. The number of carbonyl (C=O) groups excluding carboxylic acids is 1. The third kappa shape index (κ3) is 17.2. The molecule has 68 heavy (non-hydrogen) atoms. The van der Waals surface area contributed by atoms with Crippen LogP contribution in [0.4, 0.5) is 4.79 Å². The van der Waals surface area contributed by atoms with Crippen LogP contribution in [-0.4, -0.2) is 176 Å². The van der Waals surface area contributed by atoms with Gasteiger partial charge in [-0.25, -0.2) is 9.68 Å². The molecule has 1 amide bonds. The number of rotatable bonds is 27. The number of aliphatic hydroxyl groups is 2. The third-order valence-electron chi connectivity index (χ3n) is 18.3. The maximum atomic E-state index is 12.3. The van der Waals surface area contributed by atoms with Crippen molar-refractivity contribution in [3.8, 4) is 0 Å². The van der Waals surface area contributed by atoms with Gasteiger partial charge < -0.3 is 39.2 Å². The summed E-state index contributed by atoms with van der Waals surface area (Å²) in [7, 11) is 0. The van der Waals surface area contributed by atoms with Crippen LogP contribution >= 0.6 is 0 Å². The van der Waals surface area contributed by atoms with Crippen molar-refractivity contribution in [1.29, 1.82) is 0 Å². The minimum absolute atomic E-state index is 0.153. The molecule has 398 valence electrons. The molecule has 1 saturated heterocycles. The first kappa shape index (κ1) is 57.7. The van der Waals surface area contributed by atoms with Gasteiger partial charge in [0.15, 0.2) is 0 Å². The van der Waals surface area contributed by atoms with Gasteiger partial charge >= 0.3 is 6.09 Å². The van der Waals surface area contributed by atoms with Crippen molar-refractivity contribution < 1.29 is 48.8 Å². The molecule has 5 fully saturated rings. The lowest BCUT2D eigenvalue weighted by molar-refractivity contribution is -0.244. The monoisotopic (exact) mass is 967 g/mol. The summed E-state index contributed by atoms with van der Waals surface area (Å²) in [6, 6.07) is 0. The van der Waals surface area contributed by atoms with Crippen LogP contribution in [0, 0.1) is 34.5 Å². The number of ether oxygens (including phenoxy) is 5. The van der Waals surface area contributed by atoms with E-state index in [1.807, 2.05) is 13.8 Å². The highest BCUT2D eigenvalue weighted by molar-refractivity contribution is 5.67. The second kappa shape index (κ2) is 28.3. The Morgan fingerprint density at radius 2 is 1.07 bits per heavy atom. The summed E-state index contributed by atoms with van der Waals surface area (Å²) in [5, 5.41) is 34.1. The zero-order valence-electron chi connectivity index (χ0n) is 44.6. The van der Waals surface area contributed by atoms with Gasteiger partial charge in [-0.1, -0.05) is 34.6 Å². The van der Waals surface area contributed by atoms with E-state index in [1.165, 1.54) is 38.5 Å². The van der Waals surface area contributed by atoms with E-state index >= 15 is 0 Å². The molecule has 2 unspecified atom stereocenters. The summed E-state index contributed by atoms with van der Waals surface area (Å²) in [5.41, 5.74) is 0.177. The van der Waals surface area contributed by atoms with Crippen LogP contribution < -0.4 is 5.32 Å². The topological polar surface area (TPSA) is 155 Å². The van der Waals surface area contributed by atoms with E-state index in [4.69, 9.17) is 28.9 Å². The first-order valence-corrected chi connectivity index (χ1v) is 27.7. The predicted octanol–water partition coefficient (Wildman–Crippen LogP) is 8.40. The van der Waals surface area contributed by atoms with Crippen LogP contribution in [0.1, 0.15) is 165 Å². The van der Waals surface area contributed by atoms with Crippen molar-refractivity contribution in [2.75, 3.05) is 91.9 Å². The van der Waals surface area contributed by atoms with Gasteiger partial charge in [0.1, 0.15) is 6.10 Å². The van der Waals surface area contributed by atoms with Crippen molar-refractivity contribution in [3.05, 3.63) is 0 Å². The number of likely N-dealkylation sites (N-methyl/N-ethyl adjacent to an activating group) is 1. The lowest BCUT2D eigenvalue weighted by atomic mass is 9.60. The molecule has 0 aromatic rings. The van der Waals surface area contributed by atoms with Gasteiger partial charge in [0.25, 0.3) is 0 Å². The van der Waals surface area contributed by atoms with Crippen molar-refractivity contribution in [3.63, 3.8) is 0 Å². The Hall–Kier alpha value is -1.17. The number of aliphatic hydroxyl groups excluding tert-OH is 2. The first-order valence-electron chi connectivity index (χ1n) is 27.7. The molecule has 14 nitrogen and oxygen atoms in total. The maximum absolute atomic E-state index is 12.3. The molecule has 3 atom stereocenters. The average Bonchev–Trinajstić information content (AvgIpc) is 3.34. The largest absolute Gasteiger partial charge is 0.442 e. The normalized spacial score (nSPS) is 30.0. The fourth-order valence-corrected chi connectivity index (χ4v) is 13.1. The SMILES string of the molecule is CCNC(=O)OC(COC1CCC(C(C)(C)C2CCC(OC[C@H](O)C(C)(C)N3CCN(CC(O)COC4CCC(C(C)(C)C5CCC(OCC)CC5)CC4)CC3)CC2)CC1)CN(CC)CCOO. The fraction of sp³-hybridized carbons (Fsp3) is 0.981. The number of amides is 1. The molecular weight excluding hydrogens is 865 g/mol. The summed E-state index contributed by atoms with van der Waals surface area (Å²) in [5.74, 6) is 2.81. The number of carbonyl (C=O) groups is 1. The second-order valence-electron chi connectivity index (χ2n) is 23.4. The van der Waals surface area contributed by atoms with E-state index in [2.05, 4.69) is 73.4 Å². The molecular formula is C54H102N4O10. The number of nitrogens with zero attached hydrogens (tertiary/aromatic N) is 3. The lowest BCUT2D eigenvalue weighted by Gasteiger charge is -2.47. The van der Waals surface area contributed by atoms with Gasteiger partial charge in [-0.2, -0.15) is 0 Å². The van der Waals surface area contributed by atoms with Crippen LogP contribution in [0.25, 0.3) is 0 Å². The second-order valence-corrected chi connectivity index (χ2v) is 23.4. The molecule has 4 aliphatic carbocycles. The van der Waals surface area contributed by atoms with Crippen molar-refractivity contribution in [2.24, 2.45) is 34.5 Å². The Bertz CT molecular complexity index is 1380. The van der Waals surface area contributed by atoms with E-state index in [1.54, 1.807) is 0 Å². The summed E-state index contributed by atoms with van der Waals surface area (Å²) in [4.78, 5) is 23.4. The minimum Gasteiger partial charge on any atom is -0.442 e. The molecule has 4 N–H and O–H groups in total. The van der Waals surface area contributed by atoms with Crippen LogP contribution in [0.15, 0.2) is 0 Å². The molecule has 14 heteroatoms. The number of hydrogen-bond donors (Lipinski definition) is 4.